The Labute approximate surface area is 139 Å². The summed E-state index contributed by atoms with van der Waals surface area (Å²) >= 11 is 0. The lowest BCUT2D eigenvalue weighted by molar-refractivity contribution is 0.103. The molecule has 0 saturated carbocycles. The van der Waals surface area contributed by atoms with E-state index in [9.17, 15) is 4.79 Å². The monoisotopic (exact) mass is 313 g/mol. The van der Waals surface area contributed by atoms with Gasteiger partial charge in [0.1, 0.15) is 0 Å². The van der Waals surface area contributed by atoms with Crippen molar-refractivity contribution in [2.24, 2.45) is 0 Å². The third-order valence-corrected chi connectivity index (χ3v) is 4.08. The van der Waals surface area contributed by atoms with Gasteiger partial charge in [-0.15, -0.1) is 0 Å². The summed E-state index contributed by atoms with van der Waals surface area (Å²) in [5.74, 6) is 0.455. The van der Waals surface area contributed by atoms with E-state index in [1.54, 1.807) is 18.5 Å². The fourth-order valence-electron chi connectivity index (χ4n) is 2.91. The highest BCUT2D eigenvalue weighted by Gasteiger charge is 2.20. The normalized spacial score (nSPS) is 10.9. The zero-order chi connectivity index (χ0) is 16.5. The second-order valence-electron chi connectivity index (χ2n) is 5.62. The van der Waals surface area contributed by atoms with E-state index in [-0.39, 0.29) is 5.78 Å². The van der Waals surface area contributed by atoms with Gasteiger partial charge in [0.2, 0.25) is 11.7 Å². The standard InChI is InChI=1S/C20H15N3O/c1-14-7-5-10-17-16(14)13-18(19(24)15-8-3-2-4-9-15)23(17)20-21-11-6-12-22-20/h2-13H,1H3. The number of aryl methyl sites for hydroxylation is 1. The van der Waals surface area contributed by atoms with E-state index in [0.29, 0.717) is 17.2 Å². The summed E-state index contributed by atoms with van der Waals surface area (Å²) in [5.41, 5.74) is 3.26. The van der Waals surface area contributed by atoms with Crippen LogP contribution in [0.1, 0.15) is 21.6 Å². The number of ketones is 1. The smallest absolute Gasteiger partial charge is 0.234 e. The van der Waals surface area contributed by atoms with Gasteiger partial charge in [-0.05, 0) is 30.7 Å². The maximum absolute atomic E-state index is 13.0. The largest absolute Gasteiger partial charge is 0.287 e. The molecule has 0 amide bonds. The van der Waals surface area contributed by atoms with Gasteiger partial charge in [-0.1, -0.05) is 42.5 Å². The molecular formula is C20H15N3O. The molecule has 24 heavy (non-hydrogen) atoms. The lowest BCUT2D eigenvalue weighted by Crippen LogP contribution is -2.10. The number of hydrogen-bond donors (Lipinski definition) is 0. The molecule has 2 aromatic heterocycles. The molecule has 4 nitrogen and oxygen atoms in total. The molecular weight excluding hydrogens is 298 g/mol. The first-order valence-electron chi connectivity index (χ1n) is 7.74. The molecule has 0 fully saturated rings. The molecule has 0 bridgehead atoms. The molecule has 0 radical (unpaired) electrons. The topological polar surface area (TPSA) is 47.8 Å². The Morgan fingerprint density at radius 1 is 0.917 bits per heavy atom. The molecule has 0 saturated heterocycles. The molecule has 2 heterocycles. The Hall–Kier alpha value is -3.27. The van der Waals surface area contributed by atoms with Crippen LogP contribution in [-0.4, -0.2) is 20.3 Å². The van der Waals surface area contributed by atoms with E-state index >= 15 is 0 Å². The molecule has 116 valence electrons. The first-order chi connectivity index (χ1) is 11.8. The van der Waals surface area contributed by atoms with Gasteiger partial charge in [0.25, 0.3) is 0 Å². The summed E-state index contributed by atoms with van der Waals surface area (Å²) in [5, 5.41) is 1.03. The van der Waals surface area contributed by atoms with Crippen molar-refractivity contribution in [3.8, 4) is 5.95 Å². The van der Waals surface area contributed by atoms with Crippen LogP contribution in [0, 0.1) is 6.92 Å². The van der Waals surface area contributed by atoms with Gasteiger partial charge in [0.15, 0.2) is 0 Å². The van der Waals surface area contributed by atoms with E-state index in [1.165, 1.54) is 0 Å². The first kappa shape index (κ1) is 14.3. The number of aromatic nitrogens is 3. The zero-order valence-electron chi connectivity index (χ0n) is 13.2. The summed E-state index contributed by atoms with van der Waals surface area (Å²) in [6, 6.07) is 19.0. The minimum Gasteiger partial charge on any atom is -0.287 e. The van der Waals surface area contributed by atoms with E-state index in [4.69, 9.17) is 0 Å². The van der Waals surface area contributed by atoms with Gasteiger partial charge in [-0.25, -0.2) is 9.97 Å². The fraction of sp³-hybridized carbons (Fsp3) is 0.0500. The Morgan fingerprint density at radius 2 is 1.67 bits per heavy atom. The molecule has 0 aliphatic carbocycles. The number of benzene rings is 2. The highest BCUT2D eigenvalue weighted by molar-refractivity contribution is 6.11. The van der Waals surface area contributed by atoms with Gasteiger partial charge in [-0.3, -0.25) is 9.36 Å². The summed E-state index contributed by atoms with van der Waals surface area (Å²) in [6.45, 7) is 2.04. The van der Waals surface area contributed by atoms with Crippen molar-refractivity contribution in [1.29, 1.82) is 0 Å². The van der Waals surface area contributed by atoms with E-state index in [1.807, 2.05) is 66.1 Å². The average molecular weight is 313 g/mol. The van der Waals surface area contributed by atoms with Crippen molar-refractivity contribution in [2.75, 3.05) is 0 Å². The fourth-order valence-corrected chi connectivity index (χ4v) is 2.91. The SMILES string of the molecule is Cc1cccc2c1cc(C(=O)c1ccccc1)n2-c1ncccn1. The molecule has 0 aliphatic heterocycles. The van der Waals surface area contributed by atoms with Crippen LogP contribution in [0.5, 0.6) is 0 Å². The molecule has 4 aromatic rings. The highest BCUT2D eigenvalue weighted by atomic mass is 16.1. The summed E-state index contributed by atoms with van der Waals surface area (Å²) in [6.07, 6.45) is 3.36. The summed E-state index contributed by atoms with van der Waals surface area (Å²) in [4.78, 5) is 21.7. The Bertz CT molecular complexity index is 1020. The van der Waals surface area contributed by atoms with Crippen LogP contribution in [0.15, 0.2) is 73.1 Å². The van der Waals surface area contributed by atoms with Gasteiger partial charge < -0.3 is 0 Å². The number of rotatable bonds is 3. The van der Waals surface area contributed by atoms with Gasteiger partial charge >= 0.3 is 0 Å². The summed E-state index contributed by atoms with van der Waals surface area (Å²) in [7, 11) is 0. The van der Waals surface area contributed by atoms with Crippen molar-refractivity contribution in [1.82, 2.24) is 14.5 Å². The maximum atomic E-state index is 13.0. The average Bonchev–Trinajstić information content (AvgIpc) is 3.03. The summed E-state index contributed by atoms with van der Waals surface area (Å²) < 4.78 is 1.83. The van der Waals surface area contributed by atoms with Crippen LogP contribution >= 0.6 is 0 Å². The number of carbonyl (C=O) groups excluding carboxylic acids is 1. The minimum atomic E-state index is -0.0429. The molecule has 0 unspecified atom stereocenters. The van der Waals surface area contributed by atoms with Crippen LogP contribution < -0.4 is 0 Å². The maximum Gasteiger partial charge on any atom is 0.234 e. The molecule has 4 heteroatoms. The van der Waals surface area contributed by atoms with Crippen LogP contribution in [0.25, 0.3) is 16.9 Å². The molecule has 4 rings (SSSR count). The quantitative estimate of drug-likeness (QED) is 0.538. The Morgan fingerprint density at radius 3 is 2.42 bits per heavy atom. The van der Waals surface area contributed by atoms with Gasteiger partial charge in [-0.2, -0.15) is 0 Å². The third kappa shape index (κ3) is 2.29. The van der Waals surface area contributed by atoms with E-state index < -0.39 is 0 Å². The van der Waals surface area contributed by atoms with Crippen molar-refractivity contribution in [2.45, 2.75) is 6.92 Å². The predicted octanol–water partition coefficient (Wildman–Crippen LogP) is 3.96. The second-order valence-corrected chi connectivity index (χ2v) is 5.62. The van der Waals surface area contributed by atoms with Gasteiger partial charge in [0, 0.05) is 23.3 Å². The Kier molecular flexibility index (Phi) is 3.43. The molecule has 2 aromatic carbocycles. The van der Waals surface area contributed by atoms with Crippen molar-refractivity contribution < 1.29 is 4.79 Å². The minimum absolute atomic E-state index is 0.0429. The first-order valence-corrected chi connectivity index (χ1v) is 7.74. The second kappa shape index (κ2) is 5.74. The van der Waals surface area contributed by atoms with E-state index in [2.05, 4.69) is 9.97 Å². The van der Waals surface area contributed by atoms with Crippen LogP contribution in [0.4, 0.5) is 0 Å². The van der Waals surface area contributed by atoms with Crippen LogP contribution in [0.2, 0.25) is 0 Å². The lowest BCUT2D eigenvalue weighted by Gasteiger charge is -2.08. The number of nitrogens with zero attached hydrogens (tertiary/aromatic N) is 3. The Balaban J connectivity index is 2.02. The van der Waals surface area contributed by atoms with Crippen molar-refractivity contribution >= 4 is 16.7 Å². The van der Waals surface area contributed by atoms with Crippen LogP contribution in [-0.2, 0) is 0 Å². The number of hydrogen-bond acceptors (Lipinski definition) is 3. The number of carbonyl (C=O) groups is 1. The molecule has 0 spiro atoms. The zero-order valence-corrected chi connectivity index (χ0v) is 13.2. The number of fused-ring (bicyclic) bond motifs is 1. The highest BCUT2D eigenvalue weighted by Crippen LogP contribution is 2.27. The molecule has 0 atom stereocenters. The van der Waals surface area contributed by atoms with Crippen molar-refractivity contribution in [3.05, 3.63) is 89.9 Å². The molecule has 0 N–H and O–H groups in total. The lowest BCUT2D eigenvalue weighted by atomic mass is 10.1. The predicted molar refractivity (Wildman–Crippen MR) is 93.5 cm³/mol. The molecule has 0 aliphatic rings. The third-order valence-electron chi connectivity index (χ3n) is 4.08. The van der Waals surface area contributed by atoms with E-state index in [0.717, 1.165) is 16.5 Å². The van der Waals surface area contributed by atoms with Crippen molar-refractivity contribution in [3.63, 3.8) is 0 Å². The van der Waals surface area contributed by atoms with Gasteiger partial charge in [0.05, 0.1) is 11.2 Å². The van der Waals surface area contributed by atoms with Crippen LogP contribution in [0.3, 0.4) is 0 Å².